The maximum atomic E-state index is 5.90. The zero-order valence-electron chi connectivity index (χ0n) is 13.5. The number of para-hydroxylation sites is 1. The molecule has 20 heavy (non-hydrogen) atoms. The molecule has 0 aliphatic carbocycles. The number of hydrogen-bond donors (Lipinski definition) is 1. The molecule has 0 amide bonds. The fourth-order valence-electron chi connectivity index (χ4n) is 2.50. The Balaban J connectivity index is 2.68. The fraction of sp³-hybridized carbons (Fsp3) is 0.667. The number of unbranched alkanes of at least 4 members (excludes halogenated alkanes) is 3. The standard InChI is InChI=1S/C18H31NO/c1-4-7-8-9-13-17(19-6-3)16-12-10-11-14-18(16)20-15-5-2/h10-12,14,17,19H,4-9,13,15H2,1-3H3. The van der Waals surface area contributed by atoms with Gasteiger partial charge in [0.15, 0.2) is 0 Å². The summed E-state index contributed by atoms with van der Waals surface area (Å²) in [5.41, 5.74) is 1.32. The molecule has 1 rings (SSSR count). The van der Waals surface area contributed by atoms with Crippen molar-refractivity contribution in [2.75, 3.05) is 13.2 Å². The molecule has 1 aromatic rings. The Kier molecular flexibility index (Phi) is 9.14. The first-order valence-corrected chi connectivity index (χ1v) is 8.28. The molecule has 2 heteroatoms. The van der Waals surface area contributed by atoms with Gasteiger partial charge in [-0.05, 0) is 25.5 Å². The van der Waals surface area contributed by atoms with E-state index in [9.17, 15) is 0 Å². The van der Waals surface area contributed by atoms with Crippen LogP contribution in [0.1, 0.15) is 70.9 Å². The number of benzene rings is 1. The minimum absolute atomic E-state index is 0.421. The van der Waals surface area contributed by atoms with Crippen LogP contribution in [0.25, 0.3) is 0 Å². The van der Waals surface area contributed by atoms with Crippen molar-refractivity contribution >= 4 is 0 Å². The van der Waals surface area contributed by atoms with Crippen LogP contribution >= 0.6 is 0 Å². The van der Waals surface area contributed by atoms with Crippen LogP contribution in [0.3, 0.4) is 0 Å². The highest BCUT2D eigenvalue weighted by molar-refractivity contribution is 5.36. The summed E-state index contributed by atoms with van der Waals surface area (Å²) in [4.78, 5) is 0. The molecule has 0 aliphatic rings. The van der Waals surface area contributed by atoms with Gasteiger partial charge < -0.3 is 10.1 Å². The quantitative estimate of drug-likeness (QED) is 0.568. The van der Waals surface area contributed by atoms with E-state index in [0.717, 1.165) is 25.3 Å². The molecule has 1 atom stereocenters. The molecule has 2 nitrogen and oxygen atoms in total. The van der Waals surface area contributed by atoms with E-state index in [1.807, 2.05) is 0 Å². The lowest BCUT2D eigenvalue weighted by molar-refractivity contribution is 0.308. The first-order valence-electron chi connectivity index (χ1n) is 8.28. The Morgan fingerprint density at radius 3 is 2.50 bits per heavy atom. The summed E-state index contributed by atoms with van der Waals surface area (Å²) in [6.07, 6.45) is 7.50. The summed E-state index contributed by atoms with van der Waals surface area (Å²) in [6, 6.07) is 8.91. The Labute approximate surface area is 124 Å². The second-order valence-electron chi connectivity index (χ2n) is 5.35. The van der Waals surface area contributed by atoms with Gasteiger partial charge in [0.2, 0.25) is 0 Å². The van der Waals surface area contributed by atoms with Gasteiger partial charge in [0, 0.05) is 11.6 Å². The molecular formula is C18H31NO. The molecule has 1 unspecified atom stereocenters. The van der Waals surface area contributed by atoms with Gasteiger partial charge in [-0.3, -0.25) is 0 Å². The normalized spacial score (nSPS) is 12.3. The Bertz CT molecular complexity index is 351. The van der Waals surface area contributed by atoms with Crippen molar-refractivity contribution in [1.82, 2.24) is 5.32 Å². The molecule has 0 saturated carbocycles. The van der Waals surface area contributed by atoms with Gasteiger partial charge in [-0.25, -0.2) is 0 Å². The monoisotopic (exact) mass is 277 g/mol. The van der Waals surface area contributed by atoms with Gasteiger partial charge >= 0.3 is 0 Å². The van der Waals surface area contributed by atoms with E-state index in [1.54, 1.807) is 0 Å². The topological polar surface area (TPSA) is 21.3 Å². The number of rotatable bonds is 11. The zero-order valence-corrected chi connectivity index (χ0v) is 13.5. The predicted molar refractivity (Wildman–Crippen MR) is 87.4 cm³/mol. The SMILES string of the molecule is CCCCCCC(NCC)c1ccccc1OCCC. The molecular weight excluding hydrogens is 246 g/mol. The van der Waals surface area contributed by atoms with E-state index < -0.39 is 0 Å². The number of ether oxygens (including phenoxy) is 1. The molecule has 0 aliphatic heterocycles. The fourth-order valence-corrected chi connectivity index (χ4v) is 2.50. The summed E-state index contributed by atoms with van der Waals surface area (Å²) < 4.78 is 5.90. The predicted octanol–water partition coefficient (Wildman–Crippen LogP) is 5.10. The lowest BCUT2D eigenvalue weighted by atomic mass is 9.99. The lowest BCUT2D eigenvalue weighted by Gasteiger charge is -2.21. The summed E-state index contributed by atoms with van der Waals surface area (Å²) in [5.74, 6) is 1.05. The first-order chi connectivity index (χ1) is 9.83. The largest absolute Gasteiger partial charge is 0.493 e. The first kappa shape index (κ1) is 17.0. The van der Waals surface area contributed by atoms with Crippen LogP contribution in [-0.4, -0.2) is 13.2 Å². The molecule has 0 radical (unpaired) electrons. The maximum absolute atomic E-state index is 5.90. The van der Waals surface area contributed by atoms with Crippen molar-refractivity contribution in [3.63, 3.8) is 0 Å². The molecule has 1 N–H and O–H groups in total. The lowest BCUT2D eigenvalue weighted by Crippen LogP contribution is -2.21. The van der Waals surface area contributed by atoms with Gasteiger partial charge in [-0.1, -0.05) is 64.7 Å². The molecule has 0 bridgehead atoms. The van der Waals surface area contributed by atoms with Gasteiger partial charge in [-0.2, -0.15) is 0 Å². The van der Waals surface area contributed by atoms with Crippen LogP contribution in [0.5, 0.6) is 5.75 Å². The molecule has 114 valence electrons. The minimum Gasteiger partial charge on any atom is -0.493 e. The third-order valence-electron chi connectivity index (χ3n) is 3.55. The zero-order chi connectivity index (χ0) is 14.6. The minimum atomic E-state index is 0.421. The highest BCUT2D eigenvalue weighted by Crippen LogP contribution is 2.28. The van der Waals surface area contributed by atoms with Crippen molar-refractivity contribution in [3.05, 3.63) is 29.8 Å². The van der Waals surface area contributed by atoms with Crippen molar-refractivity contribution in [3.8, 4) is 5.75 Å². The maximum Gasteiger partial charge on any atom is 0.124 e. The summed E-state index contributed by atoms with van der Waals surface area (Å²) >= 11 is 0. The Hall–Kier alpha value is -1.02. The van der Waals surface area contributed by atoms with Crippen LogP contribution in [0.2, 0.25) is 0 Å². The summed E-state index contributed by atoms with van der Waals surface area (Å²) in [7, 11) is 0. The van der Waals surface area contributed by atoms with E-state index in [-0.39, 0.29) is 0 Å². The average molecular weight is 277 g/mol. The average Bonchev–Trinajstić information content (AvgIpc) is 2.49. The van der Waals surface area contributed by atoms with Gasteiger partial charge in [0.25, 0.3) is 0 Å². The third kappa shape index (κ3) is 5.96. The van der Waals surface area contributed by atoms with Gasteiger partial charge in [-0.15, -0.1) is 0 Å². The number of hydrogen-bond acceptors (Lipinski definition) is 2. The summed E-state index contributed by atoms with van der Waals surface area (Å²) in [5, 5.41) is 3.61. The highest BCUT2D eigenvalue weighted by Gasteiger charge is 2.14. The van der Waals surface area contributed by atoms with Crippen molar-refractivity contribution in [2.24, 2.45) is 0 Å². The number of nitrogens with one attached hydrogen (secondary N) is 1. The van der Waals surface area contributed by atoms with Crippen LogP contribution in [-0.2, 0) is 0 Å². The smallest absolute Gasteiger partial charge is 0.124 e. The van der Waals surface area contributed by atoms with Crippen molar-refractivity contribution in [2.45, 2.75) is 65.3 Å². The van der Waals surface area contributed by atoms with E-state index in [2.05, 4.69) is 50.4 Å². The Morgan fingerprint density at radius 1 is 1.00 bits per heavy atom. The second kappa shape index (κ2) is 10.7. The van der Waals surface area contributed by atoms with Crippen LogP contribution in [0.15, 0.2) is 24.3 Å². The molecule has 0 saturated heterocycles. The molecule has 1 aromatic carbocycles. The van der Waals surface area contributed by atoms with E-state index in [0.29, 0.717) is 6.04 Å². The summed E-state index contributed by atoms with van der Waals surface area (Å²) in [6.45, 7) is 8.38. The van der Waals surface area contributed by atoms with E-state index in [1.165, 1.54) is 37.7 Å². The van der Waals surface area contributed by atoms with E-state index >= 15 is 0 Å². The van der Waals surface area contributed by atoms with Gasteiger partial charge in [0.05, 0.1) is 6.61 Å². The molecule has 0 fully saturated rings. The van der Waals surface area contributed by atoms with Gasteiger partial charge in [0.1, 0.15) is 5.75 Å². The highest BCUT2D eigenvalue weighted by atomic mass is 16.5. The van der Waals surface area contributed by atoms with Crippen molar-refractivity contribution in [1.29, 1.82) is 0 Å². The molecule has 0 aromatic heterocycles. The van der Waals surface area contributed by atoms with Crippen molar-refractivity contribution < 1.29 is 4.74 Å². The van der Waals surface area contributed by atoms with E-state index in [4.69, 9.17) is 4.74 Å². The van der Waals surface area contributed by atoms with Crippen LogP contribution in [0.4, 0.5) is 0 Å². The third-order valence-corrected chi connectivity index (χ3v) is 3.55. The van der Waals surface area contributed by atoms with Crippen LogP contribution in [0, 0.1) is 0 Å². The molecule has 0 spiro atoms. The molecule has 0 heterocycles. The van der Waals surface area contributed by atoms with Crippen LogP contribution < -0.4 is 10.1 Å². The second-order valence-corrected chi connectivity index (χ2v) is 5.35. The Morgan fingerprint density at radius 2 is 1.80 bits per heavy atom.